The number of aryl methyl sites for hydroxylation is 1. The molecule has 5 nitrogen and oxygen atoms in total. The smallest absolute Gasteiger partial charge is 0.261 e. The summed E-state index contributed by atoms with van der Waals surface area (Å²) in [6, 6.07) is 4.35. The quantitative estimate of drug-likeness (QED) is 0.859. The van der Waals surface area contributed by atoms with Crippen molar-refractivity contribution in [2.45, 2.75) is 37.2 Å². The minimum absolute atomic E-state index is 0.0312. The summed E-state index contributed by atoms with van der Waals surface area (Å²) < 4.78 is 28.3. The van der Waals surface area contributed by atoms with Crippen LogP contribution in [0.1, 0.15) is 35.2 Å². The fourth-order valence-corrected chi connectivity index (χ4v) is 3.16. The van der Waals surface area contributed by atoms with Crippen LogP contribution in [-0.2, 0) is 13.8 Å². The van der Waals surface area contributed by atoms with E-state index in [-0.39, 0.29) is 22.5 Å². The minimum atomic E-state index is -3.85. The Morgan fingerprint density at radius 3 is 2.76 bits per heavy atom. The SMILES string of the molecule is Cc1cc(C(=O)NCC2CCCCO2)cc(S(=O)(=O)Cl)c1. The van der Waals surface area contributed by atoms with E-state index in [1.807, 2.05) is 0 Å². The van der Waals surface area contributed by atoms with E-state index in [1.165, 1.54) is 12.1 Å². The van der Waals surface area contributed by atoms with Crippen LogP contribution >= 0.6 is 10.7 Å². The second kappa shape index (κ2) is 6.77. The molecule has 0 bridgehead atoms. The molecule has 2 rings (SSSR count). The van der Waals surface area contributed by atoms with Crippen LogP contribution in [0, 0.1) is 6.92 Å². The lowest BCUT2D eigenvalue weighted by atomic mass is 10.1. The molecule has 0 aromatic heterocycles. The van der Waals surface area contributed by atoms with Gasteiger partial charge in [-0.05, 0) is 49.9 Å². The van der Waals surface area contributed by atoms with Crippen molar-refractivity contribution >= 4 is 25.6 Å². The zero-order valence-corrected chi connectivity index (χ0v) is 13.3. The van der Waals surface area contributed by atoms with Gasteiger partial charge in [-0.3, -0.25) is 4.79 Å². The van der Waals surface area contributed by atoms with E-state index in [1.54, 1.807) is 13.0 Å². The molecule has 1 fully saturated rings. The predicted molar refractivity (Wildman–Crippen MR) is 80.1 cm³/mol. The van der Waals surface area contributed by atoms with Gasteiger partial charge in [0.2, 0.25) is 0 Å². The van der Waals surface area contributed by atoms with E-state index in [4.69, 9.17) is 15.4 Å². The average molecular weight is 332 g/mol. The Morgan fingerprint density at radius 1 is 1.38 bits per heavy atom. The first-order chi connectivity index (χ1) is 9.86. The summed E-state index contributed by atoms with van der Waals surface area (Å²) in [7, 11) is 1.48. The summed E-state index contributed by atoms with van der Waals surface area (Å²) in [5, 5.41) is 2.77. The number of ether oxygens (including phenoxy) is 1. The average Bonchev–Trinajstić information content (AvgIpc) is 2.44. The van der Waals surface area contributed by atoms with Gasteiger partial charge in [-0.15, -0.1) is 0 Å². The normalized spacial score (nSPS) is 19.2. The molecule has 0 saturated carbocycles. The maximum absolute atomic E-state index is 12.1. The number of nitrogens with one attached hydrogen (secondary N) is 1. The van der Waals surface area contributed by atoms with Crippen LogP contribution in [-0.4, -0.2) is 33.6 Å². The van der Waals surface area contributed by atoms with Gasteiger partial charge >= 0.3 is 0 Å². The zero-order chi connectivity index (χ0) is 15.5. The van der Waals surface area contributed by atoms with E-state index < -0.39 is 9.05 Å². The molecule has 1 aliphatic rings. The van der Waals surface area contributed by atoms with Crippen LogP contribution in [0.15, 0.2) is 23.1 Å². The highest BCUT2D eigenvalue weighted by Gasteiger charge is 2.17. The molecule has 1 atom stereocenters. The maximum atomic E-state index is 12.1. The minimum Gasteiger partial charge on any atom is -0.376 e. The molecule has 1 aliphatic heterocycles. The molecular formula is C14H18ClNO4S. The standard InChI is InChI=1S/C14H18ClNO4S/c1-10-6-11(8-13(7-10)21(15,18)19)14(17)16-9-12-4-2-3-5-20-12/h6-8,12H,2-5,9H2,1H3,(H,16,17). The highest BCUT2D eigenvalue weighted by molar-refractivity contribution is 8.13. The molecule has 1 heterocycles. The fourth-order valence-electron chi connectivity index (χ4n) is 2.30. The highest BCUT2D eigenvalue weighted by Crippen LogP contribution is 2.19. The third-order valence-corrected chi connectivity index (χ3v) is 4.69. The summed E-state index contributed by atoms with van der Waals surface area (Å²) in [6.07, 6.45) is 3.11. The number of benzene rings is 1. The zero-order valence-electron chi connectivity index (χ0n) is 11.8. The van der Waals surface area contributed by atoms with Crippen LogP contribution in [0.4, 0.5) is 0 Å². The van der Waals surface area contributed by atoms with Crippen molar-refractivity contribution in [3.63, 3.8) is 0 Å². The van der Waals surface area contributed by atoms with Gasteiger partial charge in [0.25, 0.3) is 15.0 Å². The number of amides is 1. The Bertz CT molecular complexity index is 624. The largest absolute Gasteiger partial charge is 0.376 e. The van der Waals surface area contributed by atoms with E-state index in [0.717, 1.165) is 25.9 Å². The summed E-state index contributed by atoms with van der Waals surface area (Å²) in [5.41, 5.74) is 0.945. The Kier molecular flexibility index (Phi) is 5.24. The Hall–Kier alpha value is -1.11. The second-order valence-corrected chi connectivity index (χ2v) is 7.74. The van der Waals surface area contributed by atoms with E-state index in [9.17, 15) is 13.2 Å². The molecule has 0 aliphatic carbocycles. The molecule has 1 aromatic carbocycles. The number of rotatable bonds is 4. The predicted octanol–water partition coefficient (Wildman–Crippen LogP) is 2.22. The van der Waals surface area contributed by atoms with Crippen molar-refractivity contribution < 1.29 is 17.9 Å². The van der Waals surface area contributed by atoms with Gasteiger partial charge in [0, 0.05) is 29.4 Å². The van der Waals surface area contributed by atoms with Crippen LogP contribution in [0.3, 0.4) is 0 Å². The third-order valence-electron chi connectivity index (χ3n) is 3.36. The molecule has 21 heavy (non-hydrogen) atoms. The first-order valence-corrected chi connectivity index (χ1v) is 9.13. The summed E-state index contributed by atoms with van der Waals surface area (Å²) in [5.74, 6) is -0.325. The van der Waals surface area contributed by atoms with Crippen molar-refractivity contribution in [3.05, 3.63) is 29.3 Å². The lowest BCUT2D eigenvalue weighted by molar-refractivity contribution is 0.0169. The molecule has 0 radical (unpaired) electrons. The second-order valence-electron chi connectivity index (χ2n) is 5.17. The van der Waals surface area contributed by atoms with Crippen LogP contribution < -0.4 is 5.32 Å². The summed E-state index contributed by atoms with van der Waals surface area (Å²) >= 11 is 0. The number of hydrogen-bond acceptors (Lipinski definition) is 4. The number of carbonyl (C=O) groups is 1. The molecule has 116 valence electrons. The van der Waals surface area contributed by atoms with Crippen molar-refractivity contribution in [2.75, 3.05) is 13.2 Å². The summed E-state index contributed by atoms with van der Waals surface area (Å²) in [4.78, 5) is 12.0. The van der Waals surface area contributed by atoms with Gasteiger partial charge in [0.1, 0.15) is 0 Å². The van der Waals surface area contributed by atoms with E-state index in [2.05, 4.69) is 5.32 Å². The van der Waals surface area contributed by atoms with Crippen molar-refractivity contribution in [2.24, 2.45) is 0 Å². The Labute approximate surface area is 129 Å². The van der Waals surface area contributed by atoms with Gasteiger partial charge < -0.3 is 10.1 Å². The molecule has 0 spiro atoms. The number of halogens is 1. The first kappa shape index (κ1) is 16.3. The molecule has 1 saturated heterocycles. The van der Waals surface area contributed by atoms with Gasteiger partial charge in [-0.25, -0.2) is 8.42 Å². The Balaban J connectivity index is 2.06. The van der Waals surface area contributed by atoms with Gasteiger partial charge in [-0.2, -0.15) is 0 Å². The third kappa shape index (κ3) is 4.69. The molecule has 1 amide bonds. The lowest BCUT2D eigenvalue weighted by Gasteiger charge is -2.22. The van der Waals surface area contributed by atoms with E-state index >= 15 is 0 Å². The van der Waals surface area contributed by atoms with E-state index in [0.29, 0.717) is 12.1 Å². The first-order valence-electron chi connectivity index (χ1n) is 6.82. The Morgan fingerprint density at radius 2 is 2.14 bits per heavy atom. The lowest BCUT2D eigenvalue weighted by Crippen LogP contribution is -2.35. The summed E-state index contributed by atoms with van der Waals surface area (Å²) in [6.45, 7) is 2.86. The van der Waals surface area contributed by atoms with Gasteiger partial charge in [-0.1, -0.05) is 0 Å². The van der Waals surface area contributed by atoms with Crippen LogP contribution in [0.2, 0.25) is 0 Å². The van der Waals surface area contributed by atoms with Crippen molar-refractivity contribution in [1.82, 2.24) is 5.32 Å². The van der Waals surface area contributed by atoms with Gasteiger partial charge in [0.15, 0.2) is 0 Å². The van der Waals surface area contributed by atoms with Crippen molar-refractivity contribution in [1.29, 1.82) is 0 Å². The number of carbonyl (C=O) groups excluding carboxylic acids is 1. The topological polar surface area (TPSA) is 72.5 Å². The highest BCUT2D eigenvalue weighted by atomic mass is 35.7. The number of hydrogen-bond donors (Lipinski definition) is 1. The molecule has 7 heteroatoms. The van der Waals surface area contributed by atoms with Crippen LogP contribution in [0.5, 0.6) is 0 Å². The fraction of sp³-hybridized carbons (Fsp3) is 0.500. The maximum Gasteiger partial charge on any atom is 0.261 e. The molecule has 1 aromatic rings. The monoisotopic (exact) mass is 331 g/mol. The molecular weight excluding hydrogens is 314 g/mol. The molecule has 1 unspecified atom stereocenters. The van der Waals surface area contributed by atoms with Gasteiger partial charge in [0.05, 0.1) is 11.0 Å². The van der Waals surface area contributed by atoms with Crippen molar-refractivity contribution in [3.8, 4) is 0 Å². The van der Waals surface area contributed by atoms with Crippen LogP contribution in [0.25, 0.3) is 0 Å². The molecule has 1 N–H and O–H groups in total.